The first kappa shape index (κ1) is 13.4. The normalized spacial score (nSPS) is 10.6. The van der Waals surface area contributed by atoms with Gasteiger partial charge >= 0.3 is 5.97 Å². The maximum absolute atomic E-state index is 10.5. The van der Waals surface area contributed by atoms with E-state index in [9.17, 15) is 4.79 Å². The molecule has 2 rings (SSSR count). The zero-order valence-corrected chi connectivity index (χ0v) is 12.0. The topological polar surface area (TPSA) is 68.0 Å². The zero-order chi connectivity index (χ0) is 13.1. The van der Waals surface area contributed by atoms with E-state index in [2.05, 4.69) is 26.1 Å². The van der Waals surface area contributed by atoms with Gasteiger partial charge in [0.2, 0.25) is 0 Å². The van der Waals surface area contributed by atoms with Crippen LogP contribution >= 0.6 is 39.3 Å². The summed E-state index contributed by atoms with van der Waals surface area (Å²) in [6, 6.07) is 5.40. The van der Waals surface area contributed by atoms with Crippen LogP contribution in [0, 0.1) is 0 Å². The highest BCUT2D eigenvalue weighted by molar-refractivity contribution is 9.10. The van der Waals surface area contributed by atoms with Gasteiger partial charge in [-0.15, -0.1) is 10.2 Å². The van der Waals surface area contributed by atoms with Crippen molar-refractivity contribution in [3.8, 4) is 5.69 Å². The van der Waals surface area contributed by atoms with Crippen LogP contribution in [0.5, 0.6) is 0 Å². The standard InChI is InChI=1S/C10H7BrClN3O2S/c11-7-2-1-6(3-8(7)12)15-5-13-14-10(15)18-4-9(16)17/h1-3,5H,4H2,(H,16,17). The van der Waals surface area contributed by atoms with E-state index in [1.165, 1.54) is 6.33 Å². The molecule has 0 atom stereocenters. The van der Waals surface area contributed by atoms with Gasteiger partial charge in [0, 0.05) is 4.47 Å². The number of aliphatic carboxylic acids is 1. The molecule has 0 bridgehead atoms. The molecule has 0 aliphatic rings. The second kappa shape index (κ2) is 5.73. The monoisotopic (exact) mass is 347 g/mol. The lowest BCUT2D eigenvalue weighted by molar-refractivity contribution is -0.133. The molecule has 1 aromatic heterocycles. The second-order valence-corrected chi connectivity index (χ2v) is 5.47. The van der Waals surface area contributed by atoms with Gasteiger partial charge in [-0.05, 0) is 34.1 Å². The molecule has 0 fully saturated rings. The zero-order valence-electron chi connectivity index (χ0n) is 8.88. The molecule has 1 N–H and O–H groups in total. The van der Waals surface area contributed by atoms with Crippen molar-refractivity contribution < 1.29 is 9.90 Å². The van der Waals surface area contributed by atoms with Gasteiger partial charge < -0.3 is 5.11 Å². The fraction of sp³-hybridized carbons (Fsp3) is 0.100. The van der Waals surface area contributed by atoms with Crippen molar-refractivity contribution in [3.05, 3.63) is 34.0 Å². The van der Waals surface area contributed by atoms with E-state index in [1.54, 1.807) is 10.6 Å². The Morgan fingerprint density at radius 2 is 2.33 bits per heavy atom. The van der Waals surface area contributed by atoms with Crippen LogP contribution in [0.15, 0.2) is 34.2 Å². The van der Waals surface area contributed by atoms with Gasteiger partial charge in [0.05, 0.1) is 16.5 Å². The van der Waals surface area contributed by atoms with Crippen molar-refractivity contribution >= 4 is 45.3 Å². The van der Waals surface area contributed by atoms with Crippen molar-refractivity contribution in [1.29, 1.82) is 0 Å². The highest BCUT2D eigenvalue weighted by Gasteiger charge is 2.10. The molecule has 94 valence electrons. The first-order valence-electron chi connectivity index (χ1n) is 4.78. The number of aromatic nitrogens is 3. The lowest BCUT2D eigenvalue weighted by Gasteiger charge is -2.06. The van der Waals surface area contributed by atoms with Gasteiger partial charge in [-0.3, -0.25) is 9.36 Å². The number of halogens is 2. The molecule has 1 heterocycles. The van der Waals surface area contributed by atoms with Crippen molar-refractivity contribution in [1.82, 2.24) is 14.8 Å². The summed E-state index contributed by atoms with van der Waals surface area (Å²) in [5.41, 5.74) is 0.779. The fourth-order valence-corrected chi connectivity index (χ4v) is 2.33. The third-order valence-electron chi connectivity index (χ3n) is 2.02. The van der Waals surface area contributed by atoms with Crippen molar-refractivity contribution in [2.24, 2.45) is 0 Å². The average Bonchev–Trinajstić information content (AvgIpc) is 2.78. The Kier molecular flexibility index (Phi) is 4.26. The van der Waals surface area contributed by atoms with E-state index in [-0.39, 0.29) is 5.75 Å². The summed E-state index contributed by atoms with van der Waals surface area (Å²) in [5.74, 6) is -0.966. The molecule has 18 heavy (non-hydrogen) atoms. The van der Waals surface area contributed by atoms with Gasteiger partial charge in [0.15, 0.2) is 5.16 Å². The number of nitrogens with zero attached hydrogens (tertiary/aromatic N) is 3. The van der Waals surface area contributed by atoms with E-state index in [1.807, 2.05) is 12.1 Å². The maximum Gasteiger partial charge on any atom is 0.313 e. The third-order valence-corrected chi connectivity index (χ3v) is 4.18. The van der Waals surface area contributed by atoms with Crippen LogP contribution in [-0.2, 0) is 4.79 Å². The Labute approximate surface area is 120 Å². The molecule has 0 aliphatic carbocycles. The van der Waals surface area contributed by atoms with E-state index in [4.69, 9.17) is 16.7 Å². The molecule has 0 radical (unpaired) electrons. The van der Waals surface area contributed by atoms with E-state index in [0.717, 1.165) is 21.9 Å². The summed E-state index contributed by atoms with van der Waals surface area (Å²) in [6.07, 6.45) is 1.52. The highest BCUT2D eigenvalue weighted by atomic mass is 79.9. The van der Waals surface area contributed by atoms with Crippen LogP contribution in [0.25, 0.3) is 5.69 Å². The predicted molar refractivity (Wildman–Crippen MR) is 72.4 cm³/mol. The number of benzene rings is 1. The Morgan fingerprint density at radius 1 is 1.56 bits per heavy atom. The third kappa shape index (κ3) is 3.04. The SMILES string of the molecule is O=C(O)CSc1nncn1-c1ccc(Br)c(Cl)c1. The quantitative estimate of drug-likeness (QED) is 0.861. The summed E-state index contributed by atoms with van der Waals surface area (Å²) in [5, 5.41) is 17.4. The van der Waals surface area contributed by atoms with Crippen LogP contribution in [0.2, 0.25) is 5.02 Å². The molecule has 5 nitrogen and oxygen atoms in total. The van der Waals surface area contributed by atoms with Crippen LogP contribution in [0.1, 0.15) is 0 Å². The van der Waals surface area contributed by atoms with Gasteiger partial charge in [0.1, 0.15) is 6.33 Å². The summed E-state index contributed by atoms with van der Waals surface area (Å²) >= 11 is 10.4. The Balaban J connectivity index is 2.30. The fourth-order valence-electron chi connectivity index (χ4n) is 1.26. The van der Waals surface area contributed by atoms with E-state index < -0.39 is 5.97 Å². The number of hydrogen-bond acceptors (Lipinski definition) is 4. The number of carboxylic acids is 1. The van der Waals surface area contributed by atoms with Gasteiger partial charge in [-0.2, -0.15) is 0 Å². The Morgan fingerprint density at radius 3 is 3.00 bits per heavy atom. The molecular weight excluding hydrogens is 342 g/mol. The van der Waals surface area contributed by atoms with Gasteiger partial charge in [-0.25, -0.2) is 0 Å². The summed E-state index contributed by atoms with van der Waals surface area (Å²) in [7, 11) is 0. The minimum Gasteiger partial charge on any atom is -0.481 e. The van der Waals surface area contributed by atoms with Crippen molar-refractivity contribution in [2.75, 3.05) is 5.75 Å². The average molecular weight is 349 g/mol. The molecule has 1 aromatic carbocycles. The lowest BCUT2D eigenvalue weighted by Crippen LogP contribution is -2.01. The minimum absolute atomic E-state index is 0.0665. The van der Waals surface area contributed by atoms with Crippen LogP contribution < -0.4 is 0 Å². The molecular formula is C10H7BrClN3O2S. The van der Waals surface area contributed by atoms with Crippen LogP contribution in [-0.4, -0.2) is 31.6 Å². The highest BCUT2D eigenvalue weighted by Crippen LogP contribution is 2.27. The largest absolute Gasteiger partial charge is 0.481 e. The smallest absolute Gasteiger partial charge is 0.313 e. The molecule has 0 spiro atoms. The molecule has 0 aliphatic heterocycles. The molecule has 0 unspecified atom stereocenters. The maximum atomic E-state index is 10.5. The number of carbonyl (C=O) groups is 1. The number of carboxylic acid groups (broad SMARTS) is 1. The lowest BCUT2D eigenvalue weighted by atomic mass is 10.3. The van der Waals surface area contributed by atoms with E-state index in [0.29, 0.717) is 10.2 Å². The predicted octanol–water partition coefficient (Wildman–Crippen LogP) is 2.86. The summed E-state index contributed by atoms with van der Waals surface area (Å²) in [6.45, 7) is 0. The summed E-state index contributed by atoms with van der Waals surface area (Å²) < 4.78 is 2.48. The number of thioether (sulfide) groups is 1. The number of rotatable bonds is 4. The molecule has 0 saturated heterocycles. The first-order chi connectivity index (χ1) is 8.58. The Hall–Kier alpha value is -1.05. The first-order valence-corrected chi connectivity index (χ1v) is 6.93. The molecule has 0 saturated carbocycles. The van der Waals surface area contributed by atoms with Crippen LogP contribution in [0.3, 0.4) is 0 Å². The molecule has 8 heteroatoms. The Bertz CT molecular complexity index is 590. The minimum atomic E-state index is -0.900. The van der Waals surface area contributed by atoms with E-state index >= 15 is 0 Å². The van der Waals surface area contributed by atoms with Gasteiger partial charge in [0.25, 0.3) is 0 Å². The molecule has 2 aromatic rings. The van der Waals surface area contributed by atoms with Gasteiger partial charge in [-0.1, -0.05) is 23.4 Å². The van der Waals surface area contributed by atoms with Crippen molar-refractivity contribution in [3.63, 3.8) is 0 Å². The molecule has 0 amide bonds. The number of hydrogen-bond donors (Lipinski definition) is 1. The second-order valence-electron chi connectivity index (χ2n) is 3.26. The van der Waals surface area contributed by atoms with Crippen molar-refractivity contribution in [2.45, 2.75) is 5.16 Å². The summed E-state index contributed by atoms with van der Waals surface area (Å²) in [4.78, 5) is 10.5. The van der Waals surface area contributed by atoms with Crippen LogP contribution in [0.4, 0.5) is 0 Å².